The minimum Gasteiger partial charge on any atom is -0.475 e. The molecule has 0 saturated heterocycles. The number of oxazole rings is 1. The fourth-order valence-electron chi connectivity index (χ4n) is 1.24. The van der Waals surface area contributed by atoms with Gasteiger partial charge in [0, 0.05) is 0 Å². The second-order valence-corrected chi connectivity index (χ2v) is 3.13. The summed E-state index contributed by atoms with van der Waals surface area (Å²) in [7, 11) is 0. The first kappa shape index (κ1) is 10.9. The van der Waals surface area contributed by atoms with Gasteiger partial charge in [0.05, 0.1) is 11.8 Å². The molecular formula is C9H6N2O6. The zero-order valence-corrected chi connectivity index (χ0v) is 8.54. The molecule has 8 heteroatoms. The third-order valence-corrected chi connectivity index (χ3v) is 1.97. The molecule has 0 radical (unpaired) electrons. The third-order valence-electron chi connectivity index (χ3n) is 1.97. The lowest BCUT2D eigenvalue weighted by molar-refractivity contribution is -0.401. The summed E-state index contributed by atoms with van der Waals surface area (Å²) in [5.41, 5.74) is 0.173. The number of rotatable bonds is 3. The maximum atomic E-state index is 10.7. The van der Waals surface area contributed by atoms with Crippen molar-refractivity contribution in [2.24, 2.45) is 0 Å². The zero-order valence-electron chi connectivity index (χ0n) is 8.54. The molecule has 88 valence electrons. The standard InChI is InChI=1S/C9H6N2O6/c1-4-7(9(12)13)17-8(10-4)5-2-3-6(16-5)11(14)15/h2-3H,1H3,(H,12,13). The van der Waals surface area contributed by atoms with E-state index in [9.17, 15) is 14.9 Å². The number of nitro groups is 1. The number of furan rings is 1. The SMILES string of the molecule is Cc1nc(-c2ccc([N+](=O)[O-])o2)oc1C(=O)O. The minimum absolute atomic E-state index is 0.00676. The van der Waals surface area contributed by atoms with Gasteiger partial charge in [-0.25, -0.2) is 9.78 Å². The number of carbonyl (C=O) groups is 1. The number of carboxylic acid groups (broad SMARTS) is 1. The molecule has 0 amide bonds. The molecule has 2 aromatic rings. The van der Waals surface area contributed by atoms with Crippen molar-refractivity contribution in [1.29, 1.82) is 0 Å². The van der Waals surface area contributed by atoms with Crippen molar-refractivity contribution >= 4 is 11.9 Å². The Hall–Kier alpha value is -2.64. The highest BCUT2D eigenvalue weighted by molar-refractivity contribution is 5.85. The average Bonchev–Trinajstić information content (AvgIpc) is 2.82. The van der Waals surface area contributed by atoms with Crippen molar-refractivity contribution in [3.8, 4) is 11.7 Å². The van der Waals surface area contributed by atoms with Gasteiger partial charge >= 0.3 is 11.9 Å². The van der Waals surface area contributed by atoms with Gasteiger partial charge in [0.1, 0.15) is 4.92 Å². The molecular weight excluding hydrogens is 232 g/mol. The number of hydrogen-bond donors (Lipinski definition) is 1. The Morgan fingerprint density at radius 1 is 1.47 bits per heavy atom. The normalized spacial score (nSPS) is 10.4. The third kappa shape index (κ3) is 1.87. The van der Waals surface area contributed by atoms with Gasteiger partial charge in [-0.3, -0.25) is 10.1 Å². The monoisotopic (exact) mass is 238 g/mol. The van der Waals surface area contributed by atoms with Crippen molar-refractivity contribution < 1.29 is 23.7 Å². The molecule has 2 aromatic heterocycles. The number of hydrogen-bond acceptors (Lipinski definition) is 6. The molecule has 2 rings (SSSR count). The molecule has 0 unspecified atom stereocenters. The van der Waals surface area contributed by atoms with Crippen LogP contribution in [0.15, 0.2) is 21.0 Å². The fourth-order valence-corrected chi connectivity index (χ4v) is 1.24. The molecule has 17 heavy (non-hydrogen) atoms. The van der Waals surface area contributed by atoms with Crippen LogP contribution in [0.2, 0.25) is 0 Å². The second kappa shape index (κ2) is 3.74. The van der Waals surface area contributed by atoms with Crippen LogP contribution in [0.4, 0.5) is 5.88 Å². The molecule has 0 aliphatic carbocycles. The van der Waals surface area contributed by atoms with E-state index in [4.69, 9.17) is 13.9 Å². The summed E-state index contributed by atoms with van der Waals surface area (Å²) in [6, 6.07) is 2.42. The van der Waals surface area contributed by atoms with Crippen LogP contribution in [0.3, 0.4) is 0 Å². The van der Waals surface area contributed by atoms with E-state index in [0.717, 1.165) is 6.07 Å². The van der Waals surface area contributed by atoms with Crippen LogP contribution < -0.4 is 0 Å². The van der Waals surface area contributed by atoms with Crippen molar-refractivity contribution in [2.75, 3.05) is 0 Å². The summed E-state index contributed by atoms with van der Waals surface area (Å²) in [5, 5.41) is 19.1. The number of aryl methyl sites for hydroxylation is 1. The quantitative estimate of drug-likeness (QED) is 0.639. The summed E-state index contributed by atoms with van der Waals surface area (Å²) in [4.78, 5) is 24.2. The van der Waals surface area contributed by atoms with E-state index in [1.54, 1.807) is 0 Å². The van der Waals surface area contributed by atoms with Gasteiger partial charge in [-0.2, -0.15) is 0 Å². The predicted molar refractivity (Wildman–Crippen MR) is 52.6 cm³/mol. The molecule has 0 aromatic carbocycles. The lowest BCUT2D eigenvalue weighted by Gasteiger charge is -1.87. The highest BCUT2D eigenvalue weighted by Crippen LogP contribution is 2.26. The molecule has 0 fully saturated rings. The molecule has 0 aliphatic rings. The van der Waals surface area contributed by atoms with Gasteiger partial charge in [0.2, 0.25) is 5.76 Å². The number of nitrogens with zero attached hydrogens (tertiary/aromatic N) is 2. The number of aromatic nitrogens is 1. The first-order valence-electron chi connectivity index (χ1n) is 4.44. The van der Waals surface area contributed by atoms with Crippen molar-refractivity contribution in [3.63, 3.8) is 0 Å². The van der Waals surface area contributed by atoms with E-state index in [2.05, 4.69) is 4.98 Å². The van der Waals surface area contributed by atoms with E-state index in [0.29, 0.717) is 0 Å². The van der Waals surface area contributed by atoms with Gasteiger partial charge in [0.15, 0.2) is 5.76 Å². The molecule has 2 heterocycles. The minimum atomic E-state index is -1.26. The summed E-state index contributed by atoms with van der Waals surface area (Å²) in [5.74, 6) is -2.14. The molecule has 0 spiro atoms. The fraction of sp³-hybridized carbons (Fsp3) is 0.111. The van der Waals surface area contributed by atoms with Crippen LogP contribution >= 0.6 is 0 Å². The van der Waals surface area contributed by atoms with Gasteiger partial charge in [-0.1, -0.05) is 0 Å². The van der Waals surface area contributed by atoms with E-state index in [-0.39, 0.29) is 23.1 Å². The molecule has 8 nitrogen and oxygen atoms in total. The summed E-state index contributed by atoms with van der Waals surface area (Å²) in [6.45, 7) is 1.45. The van der Waals surface area contributed by atoms with Crippen molar-refractivity contribution in [3.05, 3.63) is 33.7 Å². The van der Waals surface area contributed by atoms with Crippen LogP contribution in [-0.2, 0) is 0 Å². The Kier molecular flexibility index (Phi) is 2.39. The Labute approximate surface area is 93.6 Å². The molecule has 1 N–H and O–H groups in total. The summed E-state index contributed by atoms with van der Waals surface area (Å²) < 4.78 is 9.76. The lowest BCUT2D eigenvalue weighted by atomic mass is 10.4. The summed E-state index contributed by atoms with van der Waals surface area (Å²) in [6.07, 6.45) is 0. The van der Waals surface area contributed by atoms with Crippen molar-refractivity contribution in [2.45, 2.75) is 6.92 Å². The van der Waals surface area contributed by atoms with Crippen LogP contribution in [0.5, 0.6) is 0 Å². The predicted octanol–water partition coefficient (Wildman–Crippen LogP) is 1.85. The highest BCUT2D eigenvalue weighted by atomic mass is 16.6. The molecule has 0 bridgehead atoms. The van der Waals surface area contributed by atoms with E-state index in [1.807, 2.05) is 0 Å². The Morgan fingerprint density at radius 2 is 2.18 bits per heavy atom. The van der Waals surface area contributed by atoms with Crippen molar-refractivity contribution in [1.82, 2.24) is 4.98 Å². The van der Waals surface area contributed by atoms with Gasteiger partial charge < -0.3 is 13.9 Å². The Balaban J connectivity index is 2.42. The van der Waals surface area contributed by atoms with Gasteiger partial charge in [-0.15, -0.1) is 0 Å². The van der Waals surface area contributed by atoms with E-state index >= 15 is 0 Å². The smallest absolute Gasteiger partial charge is 0.433 e. The second-order valence-electron chi connectivity index (χ2n) is 3.13. The van der Waals surface area contributed by atoms with Crippen LogP contribution in [0.25, 0.3) is 11.7 Å². The first-order valence-corrected chi connectivity index (χ1v) is 4.44. The number of carboxylic acids is 1. The topological polar surface area (TPSA) is 120 Å². The van der Waals surface area contributed by atoms with Crippen LogP contribution in [0.1, 0.15) is 16.2 Å². The zero-order chi connectivity index (χ0) is 12.6. The Morgan fingerprint density at radius 3 is 2.65 bits per heavy atom. The Bertz CT molecular complexity index is 596. The lowest BCUT2D eigenvalue weighted by Crippen LogP contribution is -1.95. The maximum Gasteiger partial charge on any atom is 0.433 e. The van der Waals surface area contributed by atoms with E-state index in [1.165, 1.54) is 13.0 Å². The first-order chi connectivity index (χ1) is 7.99. The van der Waals surface area contributed by atoms with Crippen LogP contribution in [-0.4, -0.2) is 21.0 Å². The highest BCUT2D eigenvalue weighted by Gasteiger charge is 2.21. The molecule has 0 aliphatic heterocycles. The summed E-state index contributed by atoms with van der Waals surface area (Å²) >= 11 is 0. The van der Waals surface area contributed by atoms with Crippen LogP contribution in [0, 0.1) is 17.0 Å². The molecule has 0 atom stereocenters. The van der Waals surface area contributed by atoms with Gasteiger partial charge in [-0.05, 0) is 13.0 Å². The largest absolute Gasteiger partial charge is 0.475 e. The van der Waals surface area contributed by atoms with Gasteiger partial charge in [0.25, 0.3) is 5.89 Å². The average molecular weight is 238 g/mol. The molecule has 0 saturated carbocycles. The number of aromatic carboxylic acids is 1. The maximum absolute atomic E-state index is 10.7. The van der Waals surface area contributed by atoms with E-state index < -0.39 is 16.8 Å².